The van der Waals surface area contributed by atoms with Gasteiger partial charge in [0.1, 0.15) is 6.33 Å². The van der Waals surface area contributed by atoms with E-state index in [1.807, 2.05) is 18.2 Å². The van der Waals surface area contributed by atoms with E-state index in [2.05, 4.69) is 15.5 Å². The number of carbonyl (C=O) groups excluding carboxylic acids is 1. The maximum absolute atomic E-state index is 12.1. The van der Waals surface area contributed by atoms with Crippen molar-refractivity contribution in [2.24, 2.45) is 0 Å². The minimum atomic E-state index is -0.136. The second-order valence-electron chi connectivity index (χ2n) is 4.81. The maximum atomic E-state index is 12.1. The van der Waals surface area contributed by atoms with Crippen LogP contribution < -0.4 is 5.32 Å². The summed E-state index contributed by atoms with van der Waals surface area (Å²) in [5.74, 6) is 0.0741. The van der Waals surface area contributed by atoms with Crippen molar-refractivity contribution in [1.29, 1.82) is 0 Å². The molecule has 2 aromatic carbocycles. The summed E-state index contributed by atoms with van der Waals surface area (Å²) in [6, 6.07) is 14.3. The third-order valence-electron chi connectivity index (χ3n) is 3.06. The highest BCUT2D eigenvalue weighted by atomic mass is 35.5. The number of nitrogens with one attached hydrogen (secondary N) is 1. The van der Waals surface area contributed by atoms with E-state index in [-0.39, 0.29) is 11.7 Å². The van der Waals surface area contributed by atoms with Crippen molar-refractivity contribution in [1.82, 2.24) is 14.8 Å². The Balaban J connectivity index is 1.64. The normalized spacial score (nSPS) is 10.6. The Kier molecular flexibility index (Phi) is 5.40. The summed E-state index contributed by atoms with van der Waals surface area (Å²) in [7, 11) is 0. The zero-order valence-corrected chi connectivity index (χ0v) is 14.6. The van der Waals surface area contributed by atoms with Gasteiger partial charge in [0.25, 0.3) is 0 Å². The average Bonchev–Trinajstić information content (AvgIpc) is 3.04. The molecule has 0 aliphatic heterocycles. The predicted molar refractivity (Wildman–Crippen MR) is 97.2 cm³/mol. The molecule has 24 heavy (non-hydrogen) atoms. The number of anilines is 1. The Labute approximate surface area is 153 Å². The third kappa shape index (κ3) is 4.29. The predicted octanol–water partition coefficient (Wildman–Crippen LogP) is 4.30. The lowest BCUT2D eigenvalue weighted by atomic mass is 10.3. The Morgan fingerprint density at radius 2 is 1.92 bits per heavy atom. The molecule has 3 aromatic rings. The zero-order valence-electron chi connectivity index (χ0n) is 12.3. The van der Waals surface area contributed by atoms with Crippen LogP contribution in [0.4, 0.5) is 5.69 Å². The van der Waals surface area contributed by atoms with Crippen molar-refractivity contribution >= 4 is 46.6 Å². The van der Waals surface area contributed by atoms with Crippen LogP contribution in [0.1, 0.15) is 0 Å². The molecule has 0 fully saturated rings. The fourth-order valence-electron chi connectivity index (χ4n) is 1.99. The molecule has 122 valence electrons. The molecule has 0 saturated heterocycles. The van der Waals surface area contributed by atoms with E-state index < -0.39 is 0 Å². The van der Waals surface area contributed by atoms with E-state index in [9.17, 15) is 4.79 Å². The smallest absolute Gasteiger partial charge is 0.234 e. The summed E-state index contributed by atoms with van der Waals surface area (Å²) in [5, 5.41) is 12.6. The van der Waals surface area contributed by atoms with Gasteiger partial charge in [-0.3, -0.25) is 9.36 Å². The highest BCUT2D eigenvalue weighted by Crippen LogP contribution is 2.22. The second kappa shape index (κ2) is 7.70. The number of hydrogen-bond acceptors (Lipinski definition) is 4. The van der Waals surface area contributed by atoms with Crippen LogP contribution in [0.25, 0.3) is 5.69 Å². The van der Waals surface area contributed by atoms with E-state index in [0.29, 0.717) is 20.9 Å². The van der Waals surface area contributed by atoms with Gasteiger partial charge in [-0.2, -0.15) is 0 Å². The molecule has 1 heterocycles. The van der Waals surface area contributed by atoms with Crippen LogP contribution >= 0.6 is 35.0 Å². The fourth-order valence-corrected chi connectivity index (χ4v) is 3.03. The molecule has 1 aromatic heterocycles. The van der Waals surface area contributed by atoms with Gasteiger partial charge in [0.2, 0.25) is 5.91 Å². The molecule has 0 radical (unpaired) electrons. The highest BCUT2D eigenvalue weighted by Gasteiger charge is 2.10. The zero-order chi connectivity index (χ0) is 16.9. The van der Waals surface area contributed by atoms with Crippen LogP contribution in [0, 0.1) is 0 Å². The van der Waals surface area contributed by atoms with E-state index in [1.54, 1.807) is 41.2 Å². The van der Waals surface area contributed by atoms with Crippen molar-refractivity contribution in [3.8, 4) is 5.69 Å². The van der Waals surface area contributed by atoms with E-state index in [0.717, 1.165) is 5.69 Å². The molecule has 3 rings (SSSR count). The summed E-state index contributed by atoms with van der Waals surface area (Å²) in [5.41, 5.74) is 1.54. The van der Waals surface area contributed by atoms with Gasteiger partial charge in [-0.15, -0.1) is 10.2 Å². The largest absolute Gasteiger partial charge is 0.325 e. The molecule has 5 nitrogen and oxygen atoms in total. The molecular weight excluding hydrogens is 367 g/mol. The van der Waals surface area contributed by atoms with Gasteiger partial charge in [-0.25, -0.2) is 0 Å². The molecule has 0 atom stereocenters. The first-order valence-electron chi connectivity index (χ1n) is 6.96. The van der Waals surface area contributed by atoms with E-state index in [1.165, 1.54) is 11.8 Å². The van der Waals surface area contributed by atoms with Crippen LogP contribution in [0.3, 0.4) is 0 Å². The lowest BCUT2D eigenvalue weighted by Gasteiger charge is -2.07. The summed E-state index contributed by atoms with van der Waals surface area (Å²) in [4.78, 5) is 12.1. The molecular formula is C16H12Cl2N4OS. The number of amides is 1. The number of nitrogens with zero attached hydrogens (tertiary/aromatic N) is 3. The van der Waals surface area contributed by atoms with Gasteiger partial charge in [-0.05, 0) is 42.5 Å². The Hall–Kier alpha value is -2.02. The van der Waals surface area contributed by atoms with Gasteiger partial charge < -0.3 is 5.32 Å². The number of hydrogen-bond donors (Lipinski definition) is 1. The van der Waals surface area contributed by atoms with Gasteiger partial charge in [0.05, 0.1) is 11.4 Å². The molecule has 0 aliphatic rings. The number of halogens is 2. The number of carbonyl (C=O) groups is 1. The van der Waals surface area contributed by atoms with Crippen molar-refractivity contribution in [3.63, 3.8) is 0 Å². The second-order valence-corrected chi connectivity index (χ2v) is 6.62. The Bertz CT molecular complexity index is 851. The lowest BCUT2D eigenvalue weighted by molar-refractivity contribution is -0.113. The summed E-state index contributed by atoms with van der Waals surface area (Å²) < 4.78 is 1.78. The van der Waals surface area contributed by atoms with Crippen molar-refractivity contribution in [3.05, 3.63) is 64.9 Å². The first-order chi connectivity index (χ1) is 11.6. The molecule has 1 N–H and O–H groups in total. The monoisotopic (exact) mass is 378 g/mol. The lowest BCUT2D eigenvalue weighted by Crippen LogP contribution is -2.14. The van der Waals surface area contributed by atoms with Gasteiger partial charge in [-0.1, -0.05) is 41.0 Å². The highest BCUT2D eigenvalue weighted by molar-refractivity contribution is 7.99. The van der Waals surface area contributed by atoms with Gasteiger partial charge in [0.15, 0.2) is 5.16 Å². The van der Waals surface area contributed by atoms with Crippen LogP contribution in [0.2, 0.25) is 10.0 Å². The molecule has 0 bridgehead atoms. The van der Waals surface area contributed by atoms with Crippen LogP contribution in [-0.4, -0.2) is 26.4 Å². The molecule has 0 aliphatic carbocycles. The molecule has 0 spiro atoms. The van der Waals surface area contributed by atoms with Crippen LogP contribution in [-0.2, 0) is 4.79 Å². The summed E-state index contributed by atoms with van der Waals surface area (Å²) in [6.45, 7) is 0. The van der Waals surface area contributed by atoms with Crippen molar-refractivity contribution in [2.45, 2.75) is 5.16 Å². The number of thioether (sulfide) groups is 1. The van der Waals surface area contributed by atoms with Crippen molar-refractivity contribution < 1.29 is 4.79 Å². The fraction of sp³-hybridized carbons (Fsp3) is 0.0625. The minimum Gasteiger partial charge on any atom is -0.325 e. The SMILES string of the molecule is O=C(CSc1nncn1-c1cccc(Cl)c1)Nc1ccc(Cl)cc1. The average molecular weight is 379 g/mol. The standard InChI is InChI=1S/C16H12Cl2N4OS/c17-11-4-6-13(7-5-11)20-15(23)9-24-16-21-19-10-22(16)14-3-1-2-12(18)8-14/h1-8,10H,9H2,(H,20,23). The first kappa shape index (κ1) is 16.8. The summed E-state index contributed by atoms with van der Waals surface area (Å²) >= 11 is 13.1. The first-order valence-corrected chi connectivity index (χ1v) is 8.70. The Morgan fingerprint density at radius 1 is 1.12 bits per heavy atom. The third-order valence-corrected chi connectivity index (χ3v) is 4.49. The van der Waals surface area contributed by atoms with Gasteiger partial charge in [0, 0.05) is 15.7 Å². The molecule has 0 unspecified atom stereocenters. The molecule has 8 heteroatoms. The van der Waals surface area contributed by atoms with E-state index in [4.69, 9.17) is 23.2 Å². The molecule has 1 amide bonds. The molecule has 0 saturated carbocycles. The quantitative estimate of drug-likeness (QED) is 0.672. The Morgan fingerprint density at radius 3 is 2.67 bits per heavy atom. The topological polar surface area (TPSA) is 59.8 Å². The number of rotatable bonds is 5. The minimum absolute atomic E-state index is 0.136. The number of benzene rings is 2. The van der Waals surface area contributed by atoms with Crippen molar-refractivity contribution in [2.75, 3.05) is 11.1 Å². The van der Waals surface area contributed by atoms with Crippen LogP contribution in [0.5, 0.6) is 0 Å². The van der Waals surface area contributed by atoms with E-state index >= 15 is 0 Å². The number of aromatic nitrogens is 3. The summed E-state index contributed by atoms with van der Waals surface area (Å²) in [6.07, 6.45) is 1.59. The van der Waals surface area contributed by atoms with Crippen LogP contribution in [0.15, 0.2) is 60.0 Å². The maximum Gasteiger partial charge on any atom is 0.234 e. The van der Waals surface area contributed by atoms with Gasteiger partial charge >= 0.3 is 0 Å².